The highest BCUT2D eigenvalue weighted by atomic mass is 16.8. The van der Waals surface area contributed by atoms with E-state index >= 15 is 0 Å². The molecule has 5 amide bonds. The Morgan fingerprint density at radius 3 is 1.22 bits per heavy atom. The van der Waals surface area contributed by atoms with Gasteiger partial charge in [0.2, 0.25) is 23.6 Å². The monoisotopic (exact) mass is 1800 g/mol. The van der Waals surface area contributed by atoms with Gasteiger partial charge in [0.05, 0.1) is 250 Å². The van der Waals surface area contributed by atoms with Gasteiger partial charge in [-0.25, -0.2) is 18.8 Å². The molecule has 0 spiro atoms. The number of aromatic nitrogens is 9. The van der Waals surface area contributed by atoms with Crippen LogP contribution in [0, 0.1) is 0 Å². The number of aliphatic hydroxyl groups excluding tert-OH is 6. The first kappa shape index (κ1) is 102. The maximum absolute atomic E-state index is 14.2. The van der Waals surface area contributed by atoms with Crippen LogP contribution < -0.4 is 26.6 Å². The molecule has 5 saturated heterocycles. The Morgan fingerprint density at radius 1 is 0.452 bits per heavy atom. The number of unbranched alkanes of at least 4 members (excludes halogenated alkanes) is 2. The molecule has 0 aliphatic carbocycles. The number of fused-ring (bicyclic) bond motifs is 4. The van der Waals surface area contributed by atoms with Gasteiger partial charge < -0.3 is 161 Å². The predicted molar refractivity (Wildman–Crippen MR) is 429 cm³/mol. The topological polar surface area (TPSA) is 562 Å². The number of carbonyl (C=O) groups excluding carboxylic acids is 5. The van der Waals surface area contributed by atoms with Crippen LogP contribution in [0.15, 0.2) is 48.9 Å². The smallest absolute Gasteiger partial charge is 0.407 e. The number of ether oxygens (including phenoxy) is 22. The van der Waals surface area contributed by atoms with Crippen molar-refractivity contribution in [1.82, 2.24) is 71.6 Å². The molecule has 3 aromatic heterocycles. The SMILES string of the molecule is CO[C@H]1O[C@](C)(COCCOCCOCCOCCn2cc(COCC(COCc3cn(CCOCCOCCOCCOC[C@@]45CO[C@H](O4)[C@H](NC(C)=O)[C@@H](O)[C@H]5O)nn3)(COCc3cn(CCOCCOCCOCCOC[C@@]45CO[C@@H](O4)[C@H](NC(C)=O)[C@@H](O)[C@H]5O)nn3)NC(=O)CCCCCNC(=O)OCc3ccccc3)nn2)[C@H](O)[C@H](O)[C@H]1NC(C)=O. The Morgan fingerprint density at radius 2 is 0.825 bits per heavy atom. The number of nitrogens with zero attached hydrogens (tertiary/aromatic N) is 9. The van der Waals surface area contributed by atoms with Crippen molar-refractivity contribution in [2.24, 2.45) is 0 Å². The van der Waals surface area contributed by atoms with Crippen molar-refractivity contribution < 1.29 is 159 Å². The second-order valence-electron chi connectivity index (χ2n) is 30.9. The minimum Gasteiger partial charge on any atom is -0.445 e. The lowest BCUT2D eigenvalue weighted by Gasteiger charge is -2.47. The average molecular weight is 1800 g/mol. The maximum Gasteiger partial charge on any atom is 0.407 e. The minimum atomic E-state index is -1.37. The molecule has 5 aliphatic heterocycles. The number of carbonyl (C=O) groups is 5. The summed E-state index contributed by atoms with van der Waals surface area (Å²) in [5.41, 5.74) is -2.89. The van der Waals surface area contributed by atoms with Crippen LogP contribution in [-0.4, -0.2) is 407 Å². The second-order valence-corrected chi connectivity index (χ2v) is 30.9. The number of hydrogen-bond acceptors (Lipinski definition) is 39. The number of rotatable bonds is 67. The zero-order chi connectivity index (χ0) is 89.8. The fourth-order valence-corrected chi connectivity index (χ4v) is 13.9. The standard InChI is InChI=1S/C79H128N14O33/c1-55(94)81-63-66(98)69(101)76(4,124-72(63)105-5)47-115-37-34-112-31-28-109-25-22-106-19-16-91-40-59(85-88-91)44-118-48-77(84-62(97)14-10-7-11-15-80-75(104)121-43-58-12-8-6-9-13-58,49-119-45-60-41-92(89-86-60)17-20-107-23-26-110-29-32-113-35-38-116-51-78-53-122-73(125-78)64(82-56(2)95)67(99)70(78)102)50-120-46-61-42-93(90-87-61)18-21-108-24-27-111-30-33-114-36-39-117-52-79-54-123-74(126-79)65(83-57(3)96)68(100)71(79)103/h6,8-9,12-13,40-42,63-74,98-103H,7,10-11,14-39,43-54H2,1-5H3,(H,80,104)(H,81,94)(H,82,95)(H,83,96)(H,84,97)/t63-,64-,65-,66-,67-,68-,69-,70-,71-,72+,73-,74+,76-,77?,78+,79+/m1/s1. The fraction of sp³-hybridized carbons (Fsp3) is 0.785. The molecule has 712 valence electrons. The molecule has 11 N–H and O–H groups in total. The quantitative estimate of drug-likeness (QED) is 0.0186. The fourth-order valence-electron chi connectivity index (χ4n) is 13.9. The molecule has 4 aromatic rings. The Kier molecular flexibility index (Phi) is 44.7. The highest BCUT2D eigenvalue weighted by molar-refractivity contribution is 5.77. The molecule has 126 heavy (non-hydrogen) atoms. The lowest BCUT2D eigenvalue weighted by Crippen LogP contribution is -2.69. The summed E-state index contributed by atoms with van der Waals surface area (Å²) in [5.74, 6) is -1.52. The van der Waals surface area contributed by atoms with Crippen molar-refractivity contribution in [3.63, 3.8) is 0 Å². The van der Waals surface area contributed by atoms with Gasteiger partial charge in [0, 0.05) is 40.8 Å². The summed E-state index contributed by atoms with van der Waals surface area (Å²) in [5, 5.41) is 104. The van der Waals surface area contributed by atoms with E-state index in [0.717, 1.165) is 5.56 Å². The van der Waals surface area contributed by atoms with Crippen LogP contribution in [0.1, 0.15) is 76.0 Å². The lowest BCUT2D eigenvalue weighted by atomic mass is 9.87. The lowest BCUT2D eigenvalue weighted by molar-refractivity contribution is -0.304. The Balaban J connectivity index is 0.704. The van der Waals surface area contributed by atoms with Gasteiger partial charge in [0.25, 0.3) is 0 Å². The maximum atomic E-state index is 14.2. The van der Waals surface area contributed by atoms with Crippen molar-refractivity contribution in [3.05, 3.63) is 71.6 Å². The molecule has 1 unspecified atom stereocenters. The summed E-state index contributed by atoms with van der Waals surface area (Å²) in [6.07, 6.45) is -4.51. The molecule has 9 rings (SSSR count). The average Bonchev–Trinajstić information content (AvgIpc) is 1.56. The predicted octanol–water partition coefficient (Wildman–Crippen LogP) is -4.36. The van der Waals surface area contributed by atoms with E-state index in [1.54, 1.807) is 39.6 Å². The molecular formula is C79H128N14O33. The van der Waals surface area contributed by atoms with Gasteiger partial charge in [0.1, 0.15) is 101 Å². The van der Waals surface area contributed by atoms with Crippen molar-refractivity contribution >= 4 is 29.7 Å². The van der Waals surface area contributed by atoms with Gasteiger partial charge in [-0.2, -0.15) is 0 Å². The van der Waals surface area contributed by atoms with Crippen LogP contribution in [-0.2, 0) is 169 Å². The van der Waals surface area contributed by atoms with Crippen LogP contribution in [0.4, 0.5) is 4.79 Å². The van der Waals surface area contributed by atoms with Gasteiger partial charge >= 0.3 is 6.09 Å². The Bertz CT molecular complexity index is 3620. The van der Waals surface area contributed by atoms with Crippen molar-refractivity contribution in [2.45, 2.75) is 195 Å². The van der Waals surface area contributed by atoms with Gasteiger partial charge in [-0.15, -0.1) is 15.3 Å². The van der Waals surface area contributed by atoms with Crippen LogP contribution >= 0.6 is 0 Å². The Hall–Kier alpha value is -7.29. The number of benzene rings is 1. The normalized spacial score (nSPS) is 25.5. The van der Waals surface area contributed by atoms with E-state index in [2.05, 4.69) is 57.5 Å². The number of methoxy groups -OCH3 is 1. The largest absolute Gasteiger partial charge is 0.445 e. The van der Waals surface area contributed by atoms with E-state index in [0.29, 0.717) is 129 Å². The van der Waals surface area contributed by atoms with Crippen molar-refractivity contribution in [1.29, 1.82) is 0 Å². The van der Waals surface area contributed by atoms with Crippen LogP contribution in [0.3, 0.4) is 0 Å². The van der Waals surface area contributed by atoms with Crippen molar-refractivity contribution in [3.8, 4) is 0 Å². The van der Waals surface area contributed by atoms with E-state index in [1.807, 2.05) is 30.3 Å². The molecule has 16 atom stereocenters. The molecular weight excluding hydrogens is 1670 g/mol. The summed E-state index contributed by atoms with van der Waals surface area (Å²) in [4.78, 5) is 61.5. The number of alkyl carbamates (subject to hydrolysis) is 1. The van der Waals surface area contributed by atoms with E-state index < -0.39 is 120 Å². The van der Waals surface area contributed by atoms with E-state index in [4.69, 9.17) is 104 Å². The van der Waals surface area contributed by atoms with Gasteiger partial charge in [-0.3, -0.25) is 19.2 Å². The van der Waals surface area contributed by atoms with Crippen molar-refractivity contribution in [2.75, 3.05) is 205 Å². The third kappa shape index (κ3) is 34.2. The van der Waals surface area contributed by atoms with Gasteiger partial charge in [-0.05, 0) is 25.3 Å². The molecule has 47 heteroatoms. The molecule has 0 saturated carbocycles. The van der Waals surface area contributed by atoms with Crippen LogP contribution in [0.5, 0.6) is 0 Å². The zero-order valence-electron chi connectivity index (χ0n) is 72.3. The van der Waals surface area contributed by atoms with Gasteiger partial charge in [-0.1, -0.05) is 52.4 Å². The molecule has 0 radical (unpaired) electrons. The number of aliphatic hydroxyl groups is 6. The second kappa shape index (κ2) is 55.0. The number of amides is 5. The van der Waals surface area contributed by atoms with Gasteiger partial charge in [0.15, 0.2) is 18.9 Å². The van der Waals surface area contributed by atoms with Crippen LogP contribution in [0.2, 0.25) is 0 Å². The highest BCUT2D eigenvalue weighted by Crippen LogP contribution is 2.39. The molecule has 47 nitrogen and oxygen atoms in total. The van der Waals surface area contributed by atoms with E-state index in [-0.39, 0.29) is 164 Å². The first-order chi connectivity index (χ1) is 61.0. The third-order valence-corrected chi connectivity index (χ3v) is 20.5. The summed E-state index contributed by atoms with van der Waals surface area (Å²) >= 11 is 0. The number of nitrogens with one attached hydrogen (secondary N) is 5. The zero-order valence-corrected chi connectivity index (χ0v) is 72.3. The Labute approximate surface area is 729 Å². The molecule has 5 fully saturated rings. The summed E-state index contributed by atoms with van der Waals surface area (Å²) in [7, 11) is 1.37. The van der Waals surface area contributed by atoms with E-state index in [9.17, 15) is 54.6 Å². The summed E-state index contributed by atoms with van der Waals surface area (Å²) in [6.45, 7) is 11.9. The third-order valence-electron chi connectivity index (χ3n) is 20.5. The molecule has 8 heterocycles. The molecule has 4 bridgehead atoms. The number of hydrogen-bond donors (Lipinski definition) is 11. The highest BCUT2D eigenvalue weighted by Gasteiger charge is 2.61. The molecule has 1 aromatic carbocycles. The first-order valence-electron chi connectivity index (χ1n) is 42.3. The summed E-state index contributed by atoms with van der Waals surface area (Å²) < 4.78 is 132. The molecule has 5 aliphatic rings. The first-order valence-corrected chi connectivity index (χ1v) is 42.3. The minimum absolute atomic E-state index is 0.0182. The van der Waals surface area contributed by atoms with Crippen LogP contribution in [0.25, 0.3) is 0 Å². The summed E-state index contributed by atoms with van der Waals surface area (Å²) in [6, 6.07) is 6.54. The van der Waals surface area contributed by atoms with E-state index in [1.165, 1.54) is 27.9 Å².